The van der Waals surface area contributed by atoms with Crippen LogP contribution >= 0.6 is 0 Å². The van der Waals surface area contributed by atoms with Gasteiger partial charge in [-0.1, -0.05) is 42.5 Å². The van der Waals surface area contributed by atoms with E-state index in [9.17, 15) is 9.18 Å². The van der Waals surface area contributed by atoms with E-state index in [1.807, 2.05) is 35.2 Å². The Morgan fingerprint density at radius 1 is 1.17 bits per heavy atom. The molecule has 1 saturated heterocycles. The highest BCUT2D eigenvalue weighted by Gasteiger charge is 2.29. The average molecular weight is 326 g/mol. The molecule has 3 rings (SSSR count). The zero-order valence-electron chi connectivity index (χ0n) is 13.7. The van der Waals surface area contributed by atoms with Gasteiger partial charge in [0.25, 0.3) is 0 Å². The van der Waals surface area contributed by atoms with Crippen LogP contribution in [-0.4, -0.2) is 17.4 Å². The number of benzene rings is 2. The zero-order valence-corrected chi connectivity index (χ0v) is 13.7. The molecule has 0 aliphatic carbocycles. The molecule has 1 amide bonds. The smallest absolute Gasteiger partial charge is 0.223 e. The number of nitrogens with two attached hydrogens (primary N) is 1. The first kappa shape index (κ1) is 16.7. The molecule has 1 fully saturated rings. The van der Waals surface area contributed by atoms with Gasteiger partial charge in [-0.25, -0.2) is 4.39 Å². The molecule has 126 valence electrons. The molecular weight excluding hydrogens is 303 g/mol. The molecule has 0 saturated carbocycles. The highest BCUT2D eigenvalue weighted by molar-refractivity contribution is 5.77. The fraction of sp³-hybridized carbons (Fsp3) is 0.350. The van der Waals surface area contributed by atoms with Gasteiger partial charge in [0.1, 0.15) is 5.82 Å². The van der Waals surface area contributed by atoms with Crippen LogP contribution in [0.25, 0.3) is 0 Å². The van der Waals surface area contributed by atoms with Gasteiger partial charge < -0.3 is 10.6 Å². The minimum Gasteiger partial charge on any atom is -0.336 e. The molecule has 0 bridgehead atoms. The van der Waals surface area contributed by atoms with Crippen LogP contribution in [0.1, 0.15) is 48.9 Å². The van der Waals surface area contributed by atoms with Crippen LogP contribution in [0.2, 0.25) is 0 Å². The summed E-state index contributed by atoms with van der Waals surface area (Å²) in [5.41, 5.74) is 8.26. The van der Waals surface area contributed by atoms with E-state index >= 15 is 0 Å². The summed E-state index contributed by atoms with van der Waals surface area (Å²) in [6.07, 6.45) is 2.99. The summed E-state index contributed by atoms with van der Waals surface area (Å²) in [7, 11) is 0. The average Bonchev–Trinajstić information content (AvgIpc) is 3.10. The summed E-state index contributed by atoms with van der Waals surface area (Å²) < 4.78 is 13.1. The largest absolute Gasteiger partial charge is 0.336 e. The third-order valence-electron chi connectivity index (χ3n) is 4.72. The highest BCUT2D eigenvalue weighted by atomic mass is 19.1. The first-order valence-corrected chi connectivity index (χ1v) is 8.50. The quantitative estimate of drug-likeness (QED) is 0.903. The van der Waals surface area contributed by atoms with E-state index in [1.54, 1.807) is 12.1 Å². The van der Waals surface area contributed by atoms with Crippen molar-refractivity contribution in [3.63, 3.8) is 0 Å². The Morgan fingerprint density at radius 2 is 1.88 bits per heavy atom. The van der Waals surface area contributed by atoms with E-state index in [0.717, 1.165) is 30.5 Å². The lowest BCUT2D eigenvalue weighted by Gasteiger charge is -2.26. The van der Waals surface area contributed by atoms with E-state index in [0.29, 0.717) is 12.8 Å². The molecule has 2 aromatic carbocycles. The molecule has 0 aromatic heterocycles. The maximum absolute atomic E-state index is 13.1. The Morgan fingerprint density at radius 3 is 2.58 bits per heavy atom. The Kier molecular flexibility index (Phi) is 5.26. The summed E-state index contributed by atoms with van der Waals surface area (Å²) in [6.45, 7) is 0.765. The van der Waals surface area contributed by atoms with Gasteiger partial charge in [-0.2, -0.15) is 0 Å². The van der Waals surface area contributed by atoms with Crippen LogP contribution in [0.15, 0.2) is 54.6 Å². The molecule has 0 spiro atoms. The van der Waals surface area contributed by atoms with Crippen molar-refractivity contribution in [2.45, 2.75) is 37.8 Å². The van der Waals surface area contributed by atoms with Crippen LogP contribution in [-0.2, 0) is 4.79 Å². The van der Waals surface area contributed by atoms with Crippen LogP contribution in [0.5, 0.6) is 0 Å². The normalized spacial score (nSPS) is 18.6. The van der Waals surface area contributed by atoms with Gasteiger partial charge in [0.05, 0.1) is 6.04 Å². The van der Waals surface area contributed by atoms with Crippen molar-refractivity contribution in [2.24, 2.45) is 5.73 Å². The fourth-order valence-electron chi connectivity index (χ4n) is 3.39. The molecule has 1 aliphatic heterocycles. The molecule has 2 N–H and O–H groups in total. The number of likely N-dealkylation sites (tertiary alicyclic amines) is 1. The Hall–Kier alpha value is -2.20. The van der Waals surface area contributed by atoms with Crippen LogP contribution in [0.4, 0.5) is 4.39 Å². The predicted octanol–water partition coefficient (Wildman–Crippen LogP) is 3.97. The second kappa shape index (κ2) is 7.58. The second-order valence-corrected chi connectivity index (χ2v) is 6.35. The van der Waals surface area contributed by atoms with E-state index in [1.165, 1.54) is 12.1 Å². The van der Waals surface area contributed by atoms with Crippen molar-refractivity contribution >= 4 is 5.91 Å². The highest BCUT2D eigenvalue weighted by Crippen LogP contribution is 2.33. The summed E-state index contributed by atoms with van der Waals surface area (Å²) in [5, 5.41) is 0. The Bertz CT molecular complexity index is 672. The van der Waals surface area contributed by atoms with Gasteiger partial charge in [-0.3, -0.25) is 4.79 Å². The molecule has 1 aliphatic rings. The molecule has 4 heteroatoms. The van der Waals surface area contributed by atoms with Gasteiger partial charge >= 0.3 is 0 Å². The van der Waals surface area contributed by atoms with Crippen LogP contribution in [0.3, 0.4) is 0 Å². The van der Waals surface area contributed by atoms with Crippen molar-refractivity contribution in [2.75, 3.05) is 6.54 Å². The molecule has 2 atom stereocenters. The van der Waals surface area contributed by atoms with Gasteiger partial charge in [-0.05, 0) is 42.5 Å². The number of hydrogen-bond donors (Lipinski definition) is 1. The lowest BCUT2D eigenvalue weighted by Crippen LogP contribution is -2.31. The monoisotopic (exact) mass is 326 g/mol. The number of carbonyl (C=O) groups excluding carboxylic acids is 1. The number of carbonyl (C=O) groups is 1. The minimum absolute atomic E-state index is 0.0612. The number of hydrogen-bond acceptors (Lipinski definition) is 2. The van der Waals surface area contributed by atoms with E-state index in [4.69, 9.17) is 5.73 Å². The Labute approximate surface area is 142 Å². The Balaban J connectivity index is 1.60. The van der Waals surface area contributed by atoms with Crippen molar-refractivity contribution < 1.29 is 9.18 Å². The third kappa shape index (κ3) is 3.82. The summed E-state index contributed by atoms with van der Waals surface area (Å²) in [5.74, 6) is -0.114. The minimum atomic E-state index is -0.247. The predicted molar refractivity (Wildman–Crippen MR) is 92.7 cm³/mol. The summed E-state index contributed by atoms with van der Waals surface area (Å²) >= 11 is 0. The van der Waals surface area contributed by atoms with Crippen molar-refractivity contribution in [3.8, 4) is 0 Å². The van der Waals surface area contributed by atoms with Crippen molar-refractivity contribution in [1.82, 2.24) is 4.90 Å². The number of rotatable bonds is 5. The molecule has 0 unspecified atom stereocenters. The summed E-state index contributed by atoms with van der Waals surface area (Å²) in [4.78, 5) is 14.5. The molecule has 2 aromatic rings. The van der Waals surface area contributed by atoms with Gasteiger partial charge in [0.2, 0.25) is 5.91 Å². The third-order valence-corrected chi connectivity index (χ3v) is 4.72. The maximum atomic E-state index is 13.1. The fourth-order valence-corrected chi connectivity index (χ4v) is 3.39. The topological polar surface area (TPSA) is 46.3 Å². The molecule has 0 radical (unpaired) electrons. The second-order valence-electron chi connectivity index (χ2n) is 6.35. The first-order valence-electron chi connectivity index (χ1n) is 8.50. The van der Waals surface area contributed by atoms with Crippen molar-refractivity contribution in [3.05, 3.63) is 71.5 Å². The van der Waals surface area contributed by atoms with Crippen molar-refractivity contribution in [1.29, 1.82) is 0 Å². The zero-order chi connectivity index (χ0) is 16.9. The van der Waals surface area contributed by atoms with E-state index in [2.05, 4.69) is 0 Å². The number of halogens is 1. The lowest BCUT2D eigenvalue weighted by molar-refractivity contribution is -0.132. The lowest BCUT2D eigenvalue weighted by atomic mass is 10.0. The van der Waals surface area contributed by atoms with Crippen LogP contribution in [0, 0.1) is 5.82 Å². The van der Waals surface area contributed by atoms with E-state index in [-0.39, 0.29) is 23.8 Å². The molecule has 3 nitrogen and oxygen atoms in total. The van der Waals surface area contributed by atoms with Gasteiger partial charge in [0.15, 0.2) is 0 Å². The molecule has 1 heterocycles. The number of nitrogens with zero attached hydrogens (tertiary/aromatic N) is 1. The first-order chi connectivity index (χ1) is 11.6. The standard InChI is InChI=1S/C20H23FN2O/c21-17-10-8-16(9-11-17)19-7-4-14-23(19)20(24)13-12-18(22)15-5-2-1-3-6-15/h1-3,5-6,8-11,18-19H,4,7,12-14,22H2/t18-,19+/m0/s1. The molecular formula is C20H23FN2O. The number of amides is 1. The van der Waals surface area contributed by atoms with E-state index < -0.39 is 0 Å². The van der Waals surface area contributed by atoms with Crippen LogP contribution < -0.4 is 5.73 Å². The van der Waals surface area contributed by atoms with Gasteiger partial charge in [-0.15, -0.1) is 0 Å². The molecule has 24 heavy (non-hydrogen) atoms. The SMILES string of the molecule is N[C@@H](CCC(=O)N1CCC[C@@H]1c1ccc(F)cc1)c1ccccc1. The summed E-state index contributed by atoms with van der Waals surface area (Å²) in [6, 6.07) is 16.3. The van der Waals surface area contributed by atoms with Gasteiger partial charge in [0, 0.05) is 19.0 Å². The maximum Gasteiger partial charge on any atom is 0.223 e.